The standard InChI is InChI=1S/C21H25N3O4/c1-27-16-6-7-19(28-2)15(12-16)13-23-21(26)17-4-3-5-18(17)24-20(25)14-8-10-22-11-9-14/h6-12,17-18H,3-5,13H2,1-2H3,(H,23,26)(H,24,25)/t17-,18+/m0/s1. The van der Waals surface area contributed by atoms with Crippen LogP contribution in [-0.2, 0) is 11.3 Å². The second kappa shape index (κ2) is 9.21. The van der Waals surface area contributed by atoms with Gasteiger partial charge in [0.05, 0.1) is 20.1 Å². The van der Waals surface area contributed by atoms with Crippen molar-refractivity contribution >= 4 is 11.8 Å². The number of aromatic nitrogens is 1. The van der Waals surface area contributed by atoms with Gasteiger partial charge in [-0.25, -0.2) is 0 Å². The Hall–Kier alpha value is -3.09. The van der Waals surface area contributed by atoms with Gasteiger partial charge in [0.15, 0.2) is 0 Å². The van der Waals surface area contributed by atoms with Crippen LogP contribution in [0.2, 0.25) is 0 Å². The van der Waals surface area contributed by atoms with Crippen LogP contribution in [0.5, 0.6) is 11.5 Å². The first-order valence-corrected chi connectivity index (χ1v) is 9.32. The highest BCUT2D eigenvalue weighted by Gasteiger charge is 2.34. The highest BCUT2D eigenvalue weighted by atomic mass is 16.5. The predicted octanol–water partition coefficient (Wildman–Crippen LogP) is 2.31. The number of hydrogen-bond acceptors (Lipinski definition) is 5. The monoisotopic (exact) mass is 383 g/mol. The molecule has 1 fully saturated rings. The molecule has 7 heteroatoms. The number of carbonyl (C=O) groups is 2. The van der Waals surface area contributed by atoms with Crippen LogP contribution in [0.15, 0.2) is 42.7 Å². The zero-order valence-corrected chi connectivity index (χ0v) is 16.1. The summed E-state index contributed by atoms with van der Waals surface area (Å²) in [5.74, 6) is 0.898. The summed E-state index contributed by atoms with van der Waals surface area (Å²) in [7, 11) is 3.19. The summed E-state index contributed by atoms with van der Waals surface area (Å²) >= 11 is 0. The van der Waals surface area contributed by atoms with Crippen molar-refractivity contribution in [2.75, 3.05) is 14.2 Å². The van der Waals surface area contributed by atoms with Crippen LogP contribution in [0.3, 0.4) is 0 Å². The van der Waals surface area contributed by atoms with Crippen LogP contribution in [0, 0.1) is 5.92 Å². The lowest BCUT2D eigenvalue weighted by Gasteiger charge is -2.21. The fourth-order valence-corrected chi connectivity index (χ4v) is 3.54. The molecular weight excluding hydrogens is 358 g/mol. The molecule has 1 aromatic heterocycles. The first-order chi connectivity index (χ1) is 13.6. The fraction of sp³-hybridized carbons (Fsp3) is 0.381. The van der Waals surface area contributed by atoms with Gasteiger partial charge in [0.1, 0.15) is 11.5 Å². The molecule has 1 heterocycles. The Morgan fingerprint density at radius 2 is 1.89 bits per heavy atom. The molecule has 1 aliphatic carbocycles. The fourth-order valence-electron chi connectivity index (χ4n) is 3.54. The molecule has 0 unspecified atom stereocenters. The molecule has 148 valence electrons. The largest absolute Gasteiger partial charge is 0.497 e. The summed E-state index contributed by atoms with van der Waals surface area (Å²) in [6, 6.07) is 8.62. The van der Waals surface area contributed by atoms with Gasteiger partial charge >= 0.3 is 0 Å². The Morgan fingerprint density at radius 1 is 1.11 bits per heavy atom. The Kier molecular flexibility index (Phi) is 6.47. The maximum Gasteiger partial charge on any atom is 0.251 e. The van der Waals surface area contributed by atoms with Crippen LogP contribution in [-0.4, -0.2) is 37.1 Å². The lowest BCUT2D eigenvalue weighted by atomic mass is 10.0. The van der Waals surface area contributed by atoms with Gasteiger partial charge in [0.2, 0.25) is 5.91 Å². The number of amides is 2. The molecule has 0 aliphatic heterocycles. The molecule has 1 saturated carbocycles. The Labute approximate surface area is 164 Å². The molecule has 1 aromatic carbocycles. The smallest absolute Gasteiger partial charge is 0.251 e. The van der Waals surface area contributed by atoms with E-state index in [1.54, 1.807) is 38.7 Å². The number of ether oxygens (including phenoxy) is 2. The topological polar surface area (TPSA) is 89.5 Å². The van der Waals surface area contributed by atoms with Crippen LogP contribution >= 0.6 is 0 Å². The minimum atomic E-state index is -0.248. The van der Waals surface area contributed by atoms with E-state index in [9.17, 15) is 9.59 Å². The summed E-state index contributed by atoms with van der Waals surface area (Å²) < 4.78 is 10.6. The second-order valence-corrected chi connectivity index (χ2v) is 6.75. The SMILES string of the molecule is COc1ccc(OC)c(CNC(=O)[C@H]2CCC[C@H]2NC(=O)c2ccncc2)c1. The Balaban J connectivity index is 1.61. The number of methoxy groups -OCH3 is 2. The van der Waals surface area contributed by atoms with Gasteiger partial charge in [-0.2, -0.15) is 0 Å². The Bertz CT molecular complexity index is 826. The third-order valence-corrected chi connectivity index (χ3v) is 5.05. The molecule has 0 spiro atoms. The van der Waals surface area contributed by atoms with Crippen molar-refractivity contribution in [2.45, 2.75) is 31.8 Å². The van der Waals surface area contributed by atoms with Gasteiger partial charge in [-0.3, -0.25) is 14.6 Å². The number of benzene rings is 1. The van der Waals surface area contributed by atoms with Gasteiger partial charge in [-0.1, -0.05) is 6.42 Å². The average Bonchev–Trinajstić information content (AvgIpc) is 3.20. The molecule has 2 N–H and O–H groups in total. The third kappa shape index (κ3) is 4.60. The summed E-state index contributed by atoms with van der Waals surface area (Å²) in [4.78, 5) is 29.1. The minimum absolute atomic E-state index is 0.0672. The highest BCUT2D eigenvalue weighted by Crippen LogP contribution is 2.27. The van der Waals surface area contributed by atoms with Gasteiger partial charge in [-0.15, -0.1) is 0 Å². The van der Waals surface area contributed by atoms with Crippen molar-refractivity contribution in [1.29, 1.82) is 0 Å². The summed E-state index contributed by atoms with van der Waals surface area (Å²) in [6.45, 7) is 0.334. The molecular formula is C21H25N3O4. The second-order valence-electron chi connectivity index (χ2n) is 6.75. The molecule has 28 heavy (non-hydrogen) atoms. The van der Waals surface area contributed by atoms with Crippen LogP contribution in [0.1, 0.15) is 35.2 Å². The molecule has 0 saturated heterocycles. The first-order valence-electron chi connectivity index (χ1n) is 9.32. The number of hydrogen-bond donors (Lipinski definition) is 2. The van der Waals surface area contributed by atoms with E-state index in [0.717, 1.165) is 24.8 Å². The van der Waals surface area contributed by atoms with E-state index in [4.69, 9.17) is 9.47 Å². The van der Waals surface area contributed by atoms with E-state index in [2.05, 4.69) is 15.6 Å². The molecule has 1 aliphatic rings. The Morgan fingerprint density at radius 3 is 2.61 bits per heavy atom. The number of rotatable bonds is 7. The lowest BCUT2D eigenvalue weighted by molar-refractivity contribution is -0.125. The van der Waals surface area contributed by atoms with Gasteiger partial charge < -0.3 is 20.1 Å². The summed E-state index contributed by atoms with van der Waals surface area (Å²) in [6.07, 6.45) is 5.60. The maximum absolute atomic E-state index is 12.8. The van der Waals surface area contributed by atoms with E-state index in [1.165, 1.54) is 0 Å². The van der Waals surface area contributed by atoms with E-state index in [1.807, 2.05) is 18.2 Å². The average molecular weight is 383 g/mol. The summed E-state index contributed by atoms with van der Waals surface area (Å²) in [5, 5.41) is 5.97. The molecule has 3 rings (SSSR count). The van der Waals surface area contributed by atoms with Crippen LogP contribution in [0.4, 0.5) is 0 Å². The lowest BCUT2D eigenvalue weighted by Crippen LogP contribution is -2.43. The number of pyridine rings is 1. The quantitative estimate of drug-likeness (QED) is 0.766. The maximum atomic E-state index is 12.8. The molecule has 7 nitrogen and oxygen atoms in total. The molecule has 2 aromatic rings. The van der Waals surface area contributed by atoms with E-state index in [-0.39, 0.29) is 23.8 Å². The van der Waals surface area contributed by atoms with Gasteiger partial charge in [0.25, 0.3) is 5.91 Å². The van der Waals surface area contributed by atoms with E-state index >= 15 is 0 Å². The molecule has 2 atom stereocenters. The minimum Gasteiger partial charge on any atom is -0.497 e. The van der Waals surface area contributed by atoms with Crippen molar-refractivity contribution < 1.29 is 19.1 Å². The molecule has 0 bridgehead atoms. The predicted molar refractivity (Wildman–Crippen MR) is 104 cm³/mol. The van der Waals surface area contributed by atoms with Crippen molar-refractivity contribution in [3.63, 3.8) is 0 Å². The first kappa shape index (κ1) is 19.7. The molecule has 2 amide bonds. The van der Waals surface area contributed by atoms with Crippen molar-refractivity contribution in [2.24, 2.45) is 5.92 Å². The zero-order chi connectivity index (χ0) is 19.9. The number of carbonyl (C=O) groups excluding carboxylic acids is 2. The third-order valence-electron chi connectivity index (χ3n) is 5.05. The van der Waals surface area contributed by atoms with Crippen molar-refractivity contribution in [3.05, 3.63) is 53.9 Å². The van der Waals surface area contributed by atoms with Crippen molar-refractivity contribution in [3.8, 4) is 11.5 Å². The molecule has 0 radical (unpaired) electrons. The van der Waals surface area contributed by atoms with E-state index < -0.39 is 0 Å². The highest BCUT2D eigenvalue weighted by molar-refractivity contribution is 5.94. The zero-order valence-electron chi connectivity index (χ0n) is 16.1. The van der Waals surface area contributed by atoms with E-state index in [0.29, 0.717) is 23.6 Å². The van der Waals surface area contributed by atoms with Crippen LogP contribution < -0.4 is 20.1 Å². The normalized spacial score (nSPS) is 18.4. The van der Waals surface area contributed by atoms with Gasteiger partial charge in [-0.05, 0) is 43.2 Å². The van der Waals surface area contributed by atoms with Crippen molar-refractivity contribution in [1.82, 2.24) is 15.6 Å². The number of nitrogens with one attached hydrogen (secondary N) is 2. The number of nitrogens with zero attached hydrogens (tertiary/aromatic N) is 1. The summed E-state index contributed by atoms with van der Waals surface area (Å²) in [5.41, 5.74) is 1.38. The van der Waals surface area contributed by atoms with Crippen LogP contribution in [0.25, 0.3) is 0 Å². The van der Waals surface area contributed by atoms with Gasteiger partial charge in [0, 0.05) is 36.1 Å².